The maximum atomic E-state index is 11.8. The van der Waals surface area contributed by atoms with Crippen LogP contribution in [0, 0.1) is 0 Å². The number of hydrogen-bond acceptors (Lipinski definition) is 5. The largest absolute Gasteiger partial charge is 0.391 e. The normalized spacial score (nSPS) is 36.9. The zero-order chi connectivity index (χ0) is 12.5. The fraction of sp³-hybridized carbons (Fsp3) is 1.00. The lowest BCUT2D eigenvalue weighted by Crippen LogP contribution is -2.56. The Kier molecular flexibility index (Phi) is 4.39. The van der Waals surface area contributed by atoms with Gasteiger partial charge in [-0.3, -0.25) is 4.90 Å². The minimum absolute atomic E-state index is 0.0457. The average molecular weight is 279 g/mol. The molecular weight excluding hydrogens is 258 g/mol. The molecule has 6 heteroatoms. The van der Waals surface area contributed by atoms with Gasteiger partial charge >= 0.3 is 0 Å². The van der Waals surface area contributed by atoms with Crippen molar-refractivity contribution >= 4 is 21.6 Å². The molecule has 1 heterocycles. The van der Waals surface area contributed by atoms with Crippen molar-refractivity contribution in [3.8, 4) is 0 Å². The molecule has 1 unspecified atom stereocenters. The van der Waals surface area contributed by atoms with Gasteiger partial charge in [-0.25, -0.2) is 8.42 Å². The Hall–Kier alpha value is 0.220. The van der Waals surface area contributed by atoms with E-state index in [1.807, 2.05) is 4.90 Å². The van der Waals surface area contributed by atoms with Crippen molar-refractivity contribution < 1.29 is 13.5 Å². The minimum atomic E-state index is -3.05. The summed E-state index contributed by atoms with van der Waals surface area (Å²) in [7, 11) is -3.05. The van der Waals surface area contributed by atoms with Crippen LogP contribution < -0.4 is 0 Å². The highest BCUT2D eigenvalue weighted by Crippen LogP contribution is 2.29. The fourth-order valence-electron chi connectivity index (χ4n) is 2.82. The molecule has 0 bridgehead atoms. The SMILES string of the molecule is CS(=O)(=O)C1CSCCN1[C@@H]1CCCC[C@H]1O. The first-order valence-electron chi connectivity index (χ1n) is 6.20. The fourth-order valence-corrected chi connectivity index (χ4v) is 5.75. The summed E-state index contributed by atoms with van der Waals surface area (Å²) in [6.07, 6.45) is 4.86. The molecule has 1 aliphatic heterocycles. The van der Waals surface area contributed by atoms with E-state index in [9.17, 15) is 13.5 Å². The third-order valence-corrected chi connectivity index (χ3v) is 6.40. The maximum absolute atomic E-state index is 11.8. The summed E-state index contributed by atoms with van der Waals surface area (Å²) in [5.74, 6) is 1.61. The third kappa shape index (κ3) is 3.16. The second-order valence-electron chi connectivity index (χ2n) is 5.02. The Labute approximate surface area is 108 Å². The summed E-state index contributed by atoms with van der Waals surface area (Å²) < 4.78 is 23.6. The molecule has 100 valence electrons. The number of nitrogens with zero attached hydrogens (tertiary/aromatic N) is 1. The van der Waals surface area contributed by atoms with E-state index in [1.54, 1.807) is 11.8 Å². The van der Waals surface area contributed by atoms with Crippen molar-refractivity contribution in [3.63, 3.8) is 0 Å². The lowest BCUT2D eigenvalue weighted by molar-refractivity contribution is 0.0178. The number of rotatable bonds is 2. The molecule has 0 aromatic carbocycles. The minimum Gasteiger partial charge on any atom is -0.391 e. The summed E-state index contributed by atoms with van der Waals surface area (Å²) in [6.45, 7) is 0.782. The number of thioether (sulfide) groups is 1. The van der Waals surface area contributed by atoms with E-state index in [4.69, 9.17) is 0 Å². The van der Waals surface area contributed by atoms with E-state index in [2.05, 4.69) is 0 Å². The molecule has 0 radical (unpaired) electrons. The monoisotopic (exact) mass is 279 g/mol. The van der Waals surface area contributed by atoms with Crippen LogP contribution in [0.4, 0.5) is 0 Å². The highest BCUT2D eigenvalue weighted by molar-refractivity contribution is 8.00. The first-order valence-corrected chi connectivity index (χ1v) is 9.31. The van der Waals surface area contributed by atoms with E-state index in [1.165, 1.54) is 6.26 Å². The van der Waals surface area contributed by atoms with Gasteiger partial charge in [0.15, 0.2) is 9.84 Å². The predicted octanol–water partition coefficient (Wildman–Crippen LogP) is 0.709. The molecule has 2 fully saturated rings. The van der Waals surface area contributed by atoms with Crippen molar-refractivity contribution in [1.82, 2.24) is 4.90 Å². The summed E-state index contributed by atoms with van der Waals surface area (Å²) in [4.78, 5) is 2.04. The average Bonchev–Trinajstić information content (AvgIpc) is 2.28. The van der Waals surface area contributed by atoms with Crippen molar-refractivity contribution in [2.75, 3.05) is 24.3 Å². The van der Waals surface area contributed by atoms with Crippen LogP contribution in [0.2, 0.25) is 0 Å². The molecule has 0 aromatic heterocycles. The van der Waals surface area contributed by atoms with Gasteiger partial charge in [0.05, 0.1) is 6.10 Å². The van der Waals surface area contributed by atoms with Gasteiger partial charge in [0.2, 0.25) is 0 Å². The summed E-state index contributed by atoms with van der Waals surface area (Å²) in [5.41, 5.74) is 0. The highest BCUT2D eigenvalue weighted by Gasteiger charge is 2.38. The first kappa shape index (κ1) is 13.6. The molecule has 3 atom stereocenters. The van der Waals surface area contributed by atoms with E-state index in [0.717, 1.165) is 38.0 Å². The Bertz CT molecular complexity index is 358. The van der Waals surface area contributed by atoms with Crippen LogP contribution in [0.25, 0.3) is 0 Å². The molecule has 2 aliphatic rings. The Morgan fingerprint density at radius 1 is 1.29 bits per heavy atom. The predicted molar refractivity (Wildman–Crippen MR) is 70.9 cm³/mol. The number of aliphatic hydroxyl groups excluding tert-OH is 1. The lowest BCUT2D eigenvalue weighted by Gasteiger charge is -2.43. The van der Waals surface area contributed by atoms with Crippen LogP contribution in [-0.2, 0) is 9.84 Å². The Morgan fingerprint density at radius 2 is 2.00 bits per heavy atom. The molecule has 1 saturated carbocycles. The van der Waals surface area contributed by atoms with Crippen LogP contribution in [0.3, 0.4) is 0 Å². The van der Waals surface area contributed by atoms with Gasteiger partial charge in [0.25, 0.3) is 0 Å². The van der Waals surface area contributed by atoms with Gasteiger partial charge in [-0.2, -0.15) is 11.8 Å². The van der Waals surface area contributed by atoms with Gasteiger partial charge in [-0.1, -0.05) is 12.8 Å². The quantitative estimate of drug-likeness (QED) is 0.807. The Morgan fingerprint density at radius 3 is 2.65 bits per heavy atom. The smallest absolute Gasteiger partial charge is 0.164 e. The molecule has 0 spiro atoms. The Balaban J connectivity index is 2.15. The summed E-state index contributed by atoms with van der Waals surface area (Å²) in [6, 6.07) is 0.0457. The topological polar surface area (TPSA) is 57.6 Å². The molecule has 17 heavy (non-hydrogen) atoms. The van der Waals surface area contributed by atoms with E-state index in [0.29, 0.717) is 5.75 Å². The van der Waals surface area contributed by atoms with Gasteiger partial charge in [0.1, 0.15) is 5.37 Å². The van der Waals surface area contributed by atoms with Gasteiger partial charge in [0, 0.05) is 30.3 Å². The van der Waals surface area contributed by atoms with Gasteiger partial charge < -0.3 is 5.11 Å². The molecule has 1 aliphatic carbocycles. The van der Waals surface area contributed by atoms with Crippen molar-refractivity contribution in [3.05, 3.63) is 0 Å². The molecule has 0 aromatic rings. The van der Waals surface area contributed by atoms with Crippen molar-refractivity contribution in [1.29, 1.82) is 0 Å². The molecule has 0 amide bonds. The van der Waals surface area contributed by atoms with Gasteiger partial charge in [-0.05, 0) is 12.8 Å². The molecule has 4 nitrogen and oxygen atoms in total. The second kappa shape index (κ2) is 5.47. The molecular formula is C11H21NO3S2. The van der Waals surface area contributed by atoms with E-state index < -0.39 is 15.2 Å². The van der Waals surface area contributed by atoms with Crippen molar-refractivity contribution in [2.24, 2.45) is 0 Å². The number of aliphatic hydroxyl groups is 1. The van der Waals surface area contributed by atoms with Gasteiger partial charge in [-0.15, -0.1) is 0 Å². The first-order chi connectivity index (χ1) is 8.00. The van der Waals surface area contributed by atoms with Crippen LogP contribution in [0.15, 0.2) is 0 Å². The second-order valence-corrected chi connectivity index (χ2v) is 8.37. The maximum Gasteiger partial charge on any atom is 0.164 e. The highest BCUT2D eigenvalue weighted by atomic mass is 32.2. The van der Waals surface area contributed by atoms with Crippen molar-refractivity contribution in [2.45, 2.75) is 43.2 Å². The lowest BCUT2D eigenvalue weighted by atomic mass is 9.91. The number of hydrogen-bond donors (Lipinski definition) is 1. The van der Waals surface area contributed by atoms with Crippen LogP contribution in [0.5, 0.6) is 0 Å². The standard InChI is InChI=1S/C11H21NO3S2/c1-17(14,15)11-8-16-7-6-12(11)9-4-2-3-5-10(9)13/h9-11,13H,2-8H2,1H3/t9-,10-,11?/m1/s1. The molecule has 1 N–H and O–H groups in total. The summed E-state index contributed by atoms with van der Waals surface area (Å²) >= 11 is 1.70. The number of sulfone groups is 1. The van der Waals surface area contributed by atoms with E-state index >= 15 is 0 Å². The van der Waals surface area contributed by atoms with E-state index in [-0.39, 0.29) is 12.1 Å². The third-order valence-electron chi connectivity index (χ3n) is 3.74. The van der Waals surface area contributed by atoms with Crippen LogP contribution >= 0.6 is 11.8 Å². The molecule has 1 saturated heterocycles. The zero-order valence-electron chi connectivity index (χ0n) is 10.2. The van der Waals surface area contributed by atoms with Crippen LogP contribution in [0.1, 0.15) is 25.7 Å². The summed E-state index contributed by atoms with van der Waals surface area (Å²) in [5, 5.41) is 9.66. The van der Waals surface area contributed by atoms with Crippen LogP contribution in [-0.4, -0.2) is 60.3 Å². The zero-order valence-corrected chi connectivity index (χ0v) is 11.8. The molecule has 2 rings (SSSR count).